The quantitative estimate of drug-likeness (QED) is 0.818. The van der Waals surface area contributed by atoms with Crippen LogP contribution in [0.4, 0.5) is 5.69 Å². The van der Waals surface area contributed by atoms with Crippen molar-refractivity contribution in [2.24, 2.45) is 5.73 Å². The highest BCUT2D eigenvalue weighted by molar-refractivity contribution is 7.98. The third-order valence-electron chi connectivity index (χ3n) is 1.89. The lowest BCUT2D eigenvalue weighted by atomic mass is 10.2. The standard InChI is InChI=1S/C11H16N2OS.ClH/c1-8(12)7-11(14)13-9-5-3-4-6-10(9)15-2;/h3-6,8H,7,12H2,1-2H3,(H,13,14);1H. The Morgan fingerprint density at radius 2 is 2.12 bits per heavy atom. The average Bonchev–Trinajstić information content (AvgIpc) is 2.17. The second kappa shape index (κ2) is 7.54. The number of anilines is 1. The smallest absolute Gasteiger partial charge is 0.225 e. The molecule has 1 amide bonds. The minimum Gasteiger partial charge on any atom is -0.327 e. The highest BCUT2D eigenvalue weighted by Gasteiger charge is 2.07. The first-order valence-electron chi connectivity index (χ1n) is 4.82. The van der Waals surface area contributed by atoms with Crippen molar-refractivity contribution in [2.45, 2.75) is 24.3 Å². The van der Waals surface area contributed by atoms with Gasteiger partial charge in [-0.1, -0.05) is 12.1 Å². The van der Waals surface area contributed by atoms with E-state index in [1.807, 2.05) is 37.4 Å². The number of halogens is 1. The van der Waals surface area contributed by atoms with Crippen LogP contribution < -0.4 is 11.1 Å². The number of rotatable bonds is 4. The molecule has 5 heteroatoms. The summed E-state index contributed by atoms with van der Waals surface area (Å²) in [5.74, 6) is -0.0356. The topological polar surface area (TPSA) is 55.1 Å². The largest absolute Gasteiger partial charge is 0.327 e. The van der Waals surface area contributed by atoms with Crippen LogP contribution in [0.1, 0.15) is 13.3 Å². The molecule has 0 aliphatic heterocycles. The average molecular weight is 261 g/mol. The van der Waals surface area contributed by atoms with E-state index in [4.69, 9.17) is 5.73 Å². The molecule has 1 unspecified atom stereocenters. The number of amides is 1. The van der Waals surface area contributed by atoms with Crippen molar-refractivity contribution in [3.63, 3.8) is 0 Å². The summed E-state index contributed by atoms with van der Waals surface area (Å²) in [4.78, 5) is 12.6. The summed E-state index contributed by atoms with van der Waals surface area (Å²) in [6.45, 7) is 1.82. The van der Waals surface area contributed by atoms with Crippen molar-refractivity contribution < 1.29 is 4.79 Å². The second-order valence-electron chi connectivity index (χ2n) is 3.43. The predicted molar refractivity (Wildman–Crippen MR) is 72.4 cm³/mol. The number of carbonyl (C=O) groups is 1. The molecule has 0 fully saturated rings. The van der Waals surface area contributed by atoms with Gasteiger partial charge < -0.3 is 11.1 Å². The van der Waals surface area contributed by atoms with Gasteiger partial charge in [0.05, 0.1) is 5.69 Å². The SMILES string of the molecule is CSc1ccccc1NC(=O)CC(C)N.Cl. The fraction of sp³-hybridized carbons (Fsp3) is 0.364. The van der Waals surface area contributed by atoms with Gasteiger partial charge in [0, 0.05) is 17.4 Å². The number of nitrogens with two attached hydrogens (primary N) is 1. The monoisotopic (exact) mass is 260 g/mol. The van der Waals surface area contributed by atoms with Crippen LogP contribution in [0.3, 0.4) is 0 Å². The Morgan fingerprint density at radius 3 is 2.69 bits per heavy atom. The van der Waals surface area contributed by atoms with E-state index < -0.39 is 0 Å². The molecule has 1 atom stereocenters. The van der Waals surface area contributed by atoms with E-state index >= 15 is 0 Å². The molecule has 0 saturated heterocycles. The summed E-state index contributed by atoms with van der Waals surface area (Å²) >= 11 is 1.61. The normalized spacial score (nSPS) is 11.4. The van der Waals surface area contributed by atoms with Crippen molar-refractivity contribution in [1.29, 1.82) is 0 Å². The van der Waals surface area contributed by atoms with Gasteiger partial charge >= 0.3 is 0 Å². The number of hydrogen-bond acceptors (Lipinski definition) is 3. The molecule has 0 aromatic heterocycles. The van der Waals surface area contributed by atoms with Crippen LogP contribution in [0.2, 0.25) is 0 Å². The Balaban J connectivity index is 0.00000225. The van der Waals surface area contributed by atoms with Crippen LogP contribution in [-0.4, -0.2) is 18.2 Å². The molecule has 0 radical (unpaired) electrons. The molecular weight excluding hydrogens is 244 g/mol. The molecule has 3 nitrogen and oxygen atoms in total. The molecule has 0 bridgehead atoms. The molecule has 0 saturated carbocycles. The number of benzene rings is 1. The molecule has 0 aliphatic rings. The molecule has 1 aromatic rings. The Morgan fingerprint density at radius 1 is 1.50 bits per heavy atom. The minimum atomic E-state index is -0.105. The molecule has 0 aliphatic carbocycles. The third kappa shape index (κ3) is 4.88. The van der Waals surface area contributed by atoms with Gasteiger partial charge in [-0.25, -0.2) is 0 Å². The zero-order valence-corrected chi connectivity index (χ0v) is 11.0. The highest BCUT2D eigenvalue weighted by Crippen LogP contribution is 2.24. The number of nitrogens with one attached hydrogen (secondary N) is 1. The Hall–Kier alpha value is -0.710. The maximum Gasteiger partial charge on any atom is 0.225 e. The fourth-order valence-corrected chi connectivity index (χ4v) is 1.80. The maximum atomic E-state index is 11.5. The van der Waals surface area contributed by atoms with E-state index in [1.165, 1.54) is 0 Å². The van der Waals surface area contributed by atoms with Gasteiger partial charge in [-0.2, -0.15) is 0 Å². The minimum absolute atomic E-state index is 0. The van der Waals surface area contributed by atoms with Crippen LogP contribution in [0.15, 0.2) is 29.2 Å². The summed E-state index contributed by atoms with van der Waals surface area (Å²) in [7, 11) is 0. The van der Waals surface area contributed by atoms with Crippen LogP contribution in [0, 0.1) is 0 Å². The van der Waals surface area contributed by atoms with Gasteiger partial charge in [0.1, 0.15) is 0 Å². The molecule has 1 aromatic carbocycles. The van der Waals surface area contributed by atoms with E-state index in [2.05, 4.69) is 5.32 Å². The highest BCUT2D eigenvalue weighted by atomic mass is 35.5. The fourth-order valence-electron chi connectivity index (χ4n) is 1.24. The van der Waals surface area contributed by atoms with Gasteiger partial charge in [-0.3, -0.25) is 4.79 Å². The van der Waals surface area contributed by atoms with E-state index in [0.29, 0.717) is 6.42 Å². The second-order valence-corrected chi connectivity index (χ2v) is 4.28. The lowest BCUT2D eigenvalue weighted by molar-refractivity contribution is -0.116. The van der Waals surface area contributed by atoms with Crippen molar-refractivity contribution in [3.05, 3.63) is 24.3 Å². The lowest BCUT2D eigenvalue weighted by Gasteiger charge is -2.10. The van der Waals surface area contributed by atoms with Crippen molar-refractivity contribution in [2.75, 3.05) is 11.6 Å². The molecular formula is C11H17ClN2OS. The number of hydrogen-bond donors (Lipinski definition) is 2. The van der Waals surface area contributed by atoms with Crippen molar-refractivity contribution in [3.8, 4) is 0 Å². The zero-order valence-electron chi connectivity index (χ0n) is 9.40. The summed E-state index contributed by atoms with van der Waals surface area (Å²) in [5.41, 5.74) is 6.41. The van der Waals surface area contributed by atoms with E-state index in [1.54, 1.807) is 11.8 Å². The maximum absolute atomic E-state index is 11.5. The Kier molecular flexibility index (Phi) is 7.21. The number of para-hydroxylation sites is 1. The van der Waals surface area contributed by atoms with Gasteiger partial charge in [-0.05, 0) is 25.3 Å². The summed E-state index contributed by atoms with van der Waals surface area (Å²) < 4.78 is 0. The predicted octanol–water partition coefficient (Wildman–Crippen LogP) is 2.51. The molecule has 0 heterocycles. The number of carbonyl (C=O) groups excluding carboxylic acids is 1. The first kappa shape index (κ1) is 15.3. The summed E-state index contributed by atoms with van der Waals surface area (Å²) in [6, 6.07) is 7.62. The van der Waals surface area contributed by atoms with Gasteiger partial charge in [-0.15, -0.1) is 24.2 Å². The Labute approximate surface area is 107 Å². The van der Waals surface area contributed by atoms with Crippen molar-refractivity contribution in [1.82, 2.24) is 0 Å². The van der Waals surface area contributed by atoms with Crippen LogP contribution in [0.5, 0.6) is 0 Å². The molecule has 3 N–H and O–H groups in total. The number of thioether (sulfide) groups is 1. The van der Waals surface area contributed by atoms with Crippen LogP contribution in [0.25, 0.3) is 0 Å². The van der Waals surface area contributed by atoms with E-state index in [0.717, 1.165) is 10.6 Å². The zero-order chi connectivity index (χ0) is 11.3. The first-order valence-corrected chi connectivity index (χ1v) is 6.04. The van der Waals surface area contributed by atoms with Crippen LogP contribution >= 0.6 is 24.2 Å². The van der Waals surface area contributed by atoms with E-state index in [9.17, 15) is 4.79 Å². The van der Waals surface area contributed by atoms with E-state index in [-0.39, 0.29) is 24.4 Å². The van der Waals surface area contributed by atoms with Crippen molar-refractivity contribution >= 4 is 35.8 Å². The Bertz CT molecular complexity index is 345. The van der Waals surface area contributed by atoms with Gasteiger partial charge in [0.15, 0.2) is 0 Å². The van der Waals surface area contributed by atoms with Crippen LogP contribution in [-0.2, 0) is 4.79 Å². The first-order chi connectivity index (χ1) is 7.13. The summed E-state index contributed by atoms with van der Waals surface area (Å²) in [5, 5.41) is 2.85. The molecule has 90 valence electrons. The third-order valence-corrected chi connectivity index (χ3v) is 2.68. The van der Waals surface area contributed by atoms with Gasteiger partial charge in [0.2, 0.25) is 5.91 Å². The molecule has 1 rings (SSSR count). The summed E-state index contributed by atoms with van der Waals surface area (Å²) in [6.07, 6.45) is 2.33. The van der Waals surface area contributed by atoms with Gasteiger partial charge in [0.25, 0.3) is 0 Å². The lowest BCUT2D eigenvalue weighted by Crippen LogP contribution is -2.24. The molecule has 16 heavy (non-hydrogen) atoms. The molecule has 0 spiro atoms.